The lowest BCUT2D eigenvalue weighted by molar-refractivity contribution is 0.0990. The molecule has 0 aliphatic heterocycles. The lowest BCUT2D eigenvalue weighted by atomic mass is 10.2. The van der Waals surface area contributed by atoms with Crippen molar-refractivity contribution in [2.45, 2.75) is 0 Å². The first-order valence-corrected chi connectivity index (χ1v) is 6.72. The molecule has 0 saturated carbocycles. The number of carbonyl (C=O) groups excluding carboxylic acids is 1. The number of nitrogens with one attached hydrogen (secondary N) is 1. The van der Waals surface area contributed by atoms with Crippen LogP contribution in [0.5, 0.6) is 5.75 Å². The van der Waals surface area contributed by atoms with Crippen LogP contribution in [0, 0.1) is 5.82 Å². The molecule has 1 N–H and O–H groups in total. The largest absolute Gasteiger partial charge is 0.496 e. The highest BCUT2D eigenvalue weighted by Crippen LogP contribution is 2.28. The molecule has 1 amide bonds. The number of carbonyl (C=O) groups is 1. The fourth-order valence-corrected chi connectivity index (χ4v) is 1.98. The van der Waals surface area contributed by atoms with Gasteiger partial charge in [0.05, 0.1) is 18.4 Å². The van der Waals surface area contributed by atoms with Crippen LogP contribution in [-0.4, -0.2) is 23.2 Å². The van der Waals surface area contributed by atoms with Gasteiger partial charge in [-0.15, -0.1) is 10.2 Å². The van der Waals surface area contributed by atoms with Crippen LogP contribution in [-0.2, 0) is 0 Å². The summed E-state index contributed by atoms with van der Waals surface area (Å²) in [6.07, 6.45) is 0. The summed E-state index contributed by atoms with van der Waals surface area (Å²) in [6.45, 7) is 0. The fraction of sp³-hybridized carbons (Fsp3) is 0.0625. The average molecular weight is 313 g/mol. The zero-order valence-electron chi connectivity index (χ0n) is 12.1. The van der Waals surface area contributed by atoms with Crippen LogP contribution < -0.4 is 10.1 Å². The number of methoxy groups -OCH3 is 1. The summed E-state index contributed by atoms with van der Waals surface area (Å²) in [5, 5.41) is 9.89. The molecule has 0 fully saturated rings. The van der Waals surface area contributed by atoms with Gasteiger partial charge in [0.1, 0.15) is 11.6 Å². The van der Waals surface area contributed by atoms with Gasteiger partial charge >= 0.3 is 11.8 Å². The van der Waals surface area contributed by atoms with E-state index >= 15 is 0 Å². The maximum absolute atomic E-state index is 13.5. The standard InChI is InChI=1S/C16H12FN3O3/c1-22-13-9-5-2-6-10(13)15-19-20-16(23-15)14(21)18-12-8-4-3-7-11(12)17/h2-9H,1H3,(H,18,21). The topological polar surface area (TPSA) is 77.2 Å². The van der Waals surface area contributed by atoms with Crippen molar-refractivity contribution >= 4 is 11.6 Å². The third-order valence-electron chi connectivity index (χ3n) is 3.08. The molecule has 0 atom stereocenters. The molecule has 3 aromatic rings. The number of halogens is 1. The minimum absolute atomic E-state index is 0.0366. The molecule has 0 spiro atoms. The van der Waals surface area contributed by atoms with E-state index in [9.17, 15) is 9.18 Å². The Labute approximate surface area is 130 Å². The molecule has 3 rings (SSSR count). The normalized spacial score (nSPS) is 10.3. The number of hydrogen-bond donors (Lipinski definition) is 1. The van der Waals surface area contributed by atoms with Crippen LogP contribution in [0.15, 0.2) is 52.9 Å². The number of amides is 1. The van der Waals surface area contributed by atoms with Gasteiger partial charge in [-0.05, 0) is 24.3 Å². The van der Waals surface area contributed by atoms with Gasteiger partial charge in [-0.3, -0.25) is 4.79 Å². The third-order valence-corrected chi connectivity index (χ3v) is 3.08. The molecule has 1 aromatic heterocycles. The summed E-state index contributed by atoms with van der Waals surface area (Å²) < 4.78 is 24.1. The molecule has 0 bridgehead atoms. The highest BCUT2D eigenvalue weighted by Gasteiger charge is 2.19. The molecule has 23 heavy (non-hydrogen) atoms. The number of para-hydroxylation sites is 2. The van der Waals surface area contributed by atoms with Gasteiger partial charge in [-0.1, -0.05) is 24.3 Å². The van der Waals surface area contributed by atoms with Gasteiger partial charge in [0.25, 0.3) is 5.89 Å². The smallest absolute Gasteiger partial charge is 0.313 e. The number of ether oxygens (including phenoxy) is 1. The molecule has 0 aliphatic rings. The van der Waals surface area contributed by atoms with E-state index in [0.29, 0.717) is 11.3 Å². The molecule has 0 unspecified atom stereocenters. The molecule has 0 aliphatic carbocycles. The van der Waals surface area contributed by atoms with Crippen molar-refractivity contribution in [1.29, 1.82) is 0 Å². The van der Waals surface area contributed by atoms with E-state index in [4.69, 9.17) is 9.15 Å². The Kier molecular flexibility index (Phi) is 4.01. The van der Waals surface area contributed by atoms with Crippen molar-refractivity contribution in [2.75, 3.05) is 12.4 Å². The van der Waals surface area contributed by atoms with E-state index < -0.39 is 11.7 Å². The third kappa shape index (κ3) is 3.03. The predicted molar refractivity (Wildman–Crippen MR) is 80.6 cm³/mol. The number of rotatable bonds is 4. The van der Waals surface area contributed by atoms with Crippen molar-refractivity contribution in [3.8, 4) is 17.2 Å². The number of nitrogens with zero attached hydrogens (tertiary/aromatic N) is 2. The van der Waals surface area contributed by atoms with Gasteiger partial charge in [-0.2, -0.15) is 0 Å². The molecule has 116 valence electrons. The van der Waals surface area contributed by atoms with Crippen LogP contribution in [0.1, 0.15) is 10.7 Å². The minimum Gasteiger partial charge on any atom is -0.496 e. The van der Waals surface area contributed by atoms with Gasteiger partial charge in [0, 0.05) is 0 Å². The Morgan fingerprint density at radius 2 is 1.87 bits per heavy atom. The number of benzene rings is 2. The summed E-state index contributed by atoms with van der Waals surface area (Å²) >= 11 is 0. The number of aromatic nitrogens is 2. The summed E-state index contributed by atoms with van der Waals surface area (Å²) in [7, 11) is 1.51. The zero-order valence-corrected chi connectivity index (χ0v) is 12.1. The molecule has 0 radical (unpaired) electrons. The average Bonchev–Trinajstić information content (AvgIpc) is 3.07. The Morgan fingerprint density at radius 3 is 2.65 bits per heavy atom. The Balaban J connectivity index is 1.84. The Hall–Kier alpha value is -3.22. The van der Waals surface area contributed by atoms with Crippen molar-refractivity contribution in [2.24, 2.45) is 0 Å². The molecule has 1 heterocycles. The van der Waals surface area contributed by atoms with Gasteiger partial charge < -0.3 is 14.5 Å². The lowest BCUT2D eigenvalue weighted by Crippen LogP contribution is -2.13. The first kappa shape index (κ1) is 14.7. The van der Waals surface area contributed by atoms with Crippen LogP contribution >= 0.6 is 0 Å². The van der Waals surface area contributed by atoms with Crippen LogP contribution in [0.4, 0.5) is 10.1 Å². The van der Waals surface area contributed by atoms with E-state index in [1.807, 2.05) is 0 Å². The van der Waals surface area contributed by atoms with Crippen LogP contribution in [0.25, 0.3) is 11.5 Å². The first-order valence-electron chi connectivity index (χ1n) is 6.72. The van der Waals surface area contributed by atoms with Crippen molar-refractivity contribution in [1.82, 2.24) is 10.2 Å². The van der Waals surface area contributed by atoms with Crippen molar-refractivity contribution < 1.29 is 18.3 Å². The van der Waals surface area contributed by atoms with Gasteiger partial charge in [0.2, 0.25) is 0 Å². The zero-order chi connectivity index (χ0) is 16.2. The van der Waals surface area contributed by atoms with Crippen molar-refractivity contribution in [3.05, 3.63) is 60.2 Å². The molecule has 0 saturated heterocycles. The second-order valence-electron chi connectivity index (χ2n) is 4.55. The SMILES string of the molecule is COc1ccccc1-c1nnc(C(=O)Nc2ccccc2F)o1. The Bertz CT molecular complexity index is 848. The maximum atomic E-state index is 13.5. The fourth-order valence-electron chi connectivity index (χ4n) is 1.98. The van der Waals surface area contributed by atoms with Gasteiger partial charge in [0.15, 0.2) is 0 Å². The quantitative estimate of drug-likeness (QED) is 0.800. The summed E-state index contributed by atoms with van der Waals surface area (Å²) in [4.78, 5) is 12.1. The molecular weight excluding hydrogens is 301 g/mol. The lowest BCUT2D eigenvalue weighted by Gasteiger charge is -2.04. The minimum atomic E-state index is -0.691. The highest BCUT2D eigenvalue weighted by molar-refractivity contribution is 6.01. The summed E-state index contributed by atoms with van der Waals surface area (Å²) in [5.41, 5.74) is 0.599. The van der Waals surface area contributed by atoms with Crippen LogP contribution in [0.2, 0.25) is 0 Å². The number of hydrogen-bond acceptors (Lipinski definition) is 5. The van der Waals surface area contributed by atoms with E-state index in [1.165, 1.54) is 25.3 Å². The van der Waals surface area contributed by atoms with E-state index in [-0.39, 0.29) is 17.5 Å². The summed E-state index contributed by atoms with van der Waals surface area (Å²) in [6, 6.07) is 12.8. The Morgan fingerprint density at radius 1 is 1.13 bits per heavy atom. The number of anilines is 1. The maximum Gasteiger partial charge on any atom is 0.313 e. The summed E-state index contributed by atoms with van der Waals surface area (Å²) in [5.74, 6) is -0.832. The second kappa shape index (κ2) is 6.27. The van der Waals surface area contributed by atoms with E-state index in [0.717, 1.165) is 0 Å². The molecule has 2 aromatic carbocycles. The van der Waals surface area contributed by atoms with Gasteiger partial charge in [-0.25, -0.2) is 4.39 Å². The predicted octanol–water partition coefficient (Wildman–Crippen LogP) is 3.14. The van der Waals surface area contributed by atoms with Crippen molar-refractivity contribution in [3.63, 3.8) is 0 Å². The van der Waals surface area contributed by atoms with E-state index in [2.05, 4.69) is 15.5 Å². The van der Waals surface area contributed by atoms with Crippen LogP contribution in [0.3, 0.4) is 0 Å². The monoisotopic (exact) mass is 313 g/mol. The molecular formula is C16H12FN3O3. The molecule has 6 nitrogen and oxygen atoms in total. The molecule has 7 heteroatoms. The second-order valence-corrected chi connectivity index (χ2v) is 4.55. The highest BCUT2D eigenvalue weighted by atomic mass is 19.1. The first-order chi connectivity index (χ1) is 11.2. The van der Waals surface area contributed by atoms with E-state index in [1.54, 1.807) is 30.3 Å².